The van der Waals surface area contributed by atoms with Gasteiger partial charge in [-0.3, -0.25) is 0 Å². The molecule has 0 saturated carbocycles. The molecule has 0 unspecified atom stereocenters. The van der Waals surface area contributed by atoms with Crippen molar-refractivity contribution in [2.45, 2.75) is 6.54 Å². The predicted molar refractivity (Wildman–Crippen MR) is 87.8 cm³/mol. The van der Waals surface area contributed by atoms with E-state index < -0.39 is 0 Å². The largest absolute Gasteiger partial charge is 0.326 e. The van der Waals surface area contributed by atoms with Gasteiger partial charge >= 0.3 is 0 Å². The Labute approximate surface area is 126 Å². The fourth-order valence-electron chi connectivity index (χ4n) is 2.52. The summed E-state index contributed by atoms with van der Waals surface area (Å²) in [6.45, 7) is 0.576. The molecule has 0 saturated heterocycles. The van der Waals surface area contributed by atoms with E-state index in [-0.39, 0.29) is 0 Å². The molecule has 1 nitrogen and oxygen atoms in total. The van der Waals surface area contributed by atoms with Crippen LogP contribution in [-0.2, 0) is 6.54 Å². The molecule has 0 aromatic heterocycles. The van der Waals surface area contributed by atoms with E-state index in [2.05, 4.69) is 72.8 Å². The summed E-state index contributed by atoms with van der Waals surface area (Å²) in [5.41, 5.74) is 10.5. The number of hydrogen-bond donors (Lipinski definition) is 1. The Balaban J connectivity index is 2.07. The van der Waals surface area contributed by atoms with E-state index in [9.17, 15) is 0 Å². The minimum absolute atomic E-state index is 0.576. The maximum atomic E-state index is 5.69. The Morgan fingerprint density at radius 2 is 1.00 bits per heavy atom. The molecular weight excluding hydrogens is 254 g/mol. The van der Waals surface area contributed by atoms with Gasteiger partial charge in [-0.1, -0.05) is 84.9 Å². The van der Waals surface area contributed by atoms with E-state index in [1.165, 1.54) is 22.6 Å². The minimum atomic E-state index is 0.576. The molecule has 103 valence electrons. The minimum Gasteiger partial charge on any atom is -0.326 e. The second kappa shape index (κ2) is 6.38. The van der Waals surface area contributed by atoms with Crippen molar-refractivity contribution < 1.29 is 0 Å². The Bertz CT molecular complexity index is 633. The van der Waals surface area contributed by atoms with E-state index in [0.717, 1.165) is 5.56 Å². The van der Waals surface area contributed by atoms with Crippen molar-refractivity contribution in [3.8, 4) is 0 Å². The van der Waals surface area contributed by atoms with Crippen LogP contribution in [0.3, 0.4) is 0 Å². The van der Waals surface area contributed by atoms with Crippen molar-refractivity contribution >= 4 is 0 Å². The molecule has 3 aromatic rings. The molecule has 0 atom stereocenters. The standard InChI is InChI=1S/C20H18N/c21-15-16-11-13-19(14-12-16)20(17-7-3-1-4-8-17)18-9-5-2-6-10-18/h1-14H,15,21H2. The molecular formula is C20H18N. The highest BCUT2D eigenvalue weighted by atomic mass is 14.5. The summed E-state index contributed by atoms with van der Waals surface area (Å²) in [6, 6.07) is 29.5. The fraction of sp³-hybridized carbons (Fsp3) is 0.0500. The van der Waals surface area contributed by atoms with Gasteiger partial charge in [-0.05, 0) is 22.3 Å². The van der Waals surface area contributed by atoms with Gasteiger partial charge in [0.1, 0.15) is 0 Å². The van der Waals surface area contributed by atoms with E-state index >= 15 is 0 Å². The summed E-state index contributed by atoms with van der Waals surface area (Å²) in [6.07, 6.45) is 0. The average Bonchev–Trinajstić information content (AvgIpc) is 2.58. The van der Waals surface area contributed by atoms with Crippen molar-refractivity contribution in [3.63, 3.8) is 0 Å². The molecule has 3 rings (SSSR count). The zero-order valence-electron chi connectivity index (χ0n) is 11.9. The molecule has 0 amide bonds. The molecule has 21 heavy (non-hydrogen) atoms. The highest BCUT2D eigenvalue weighted by Crippen LogP contribution is 2.30. The molecule has 0 aliphatic heterocycles. The lowest BCUT2D eigenvalue weighted by molar-refractivity contribution is 1.07. The second-order valence-corrected chi connectivity index (χ2v) is 5.01. The highest BCUT2D eigenvalue weighted by Gasteiger charge is 2.16. The third kappa shape index (κ3) is 3.04. The SMILES string of the molecule is NCc1ccc([C](c2ccccc2)c2ccccc2)cc1. The highest BCUT2D eigenvalue weighted by molar-refractivity contribution is 5.57. The quantitative estimate of drug-likeness (QED) is 0.709. The van der Waals surface area contributed by atoms with Crippen LogP contribution in [0.5, 0.6) is 0 Å². The maximum absolute atomic E-state index is 5.69. The lowest BCUT2D eigenvalue weighted by Gasteiger charge is -2.18. The summed E-state index contributed by atoms with van der Waals surface area (Å²) in [5.74, 6) is 1.25. The van der Waals surface area contributed by atoms with Crippen molar-refractivity contribution in [3.05, 3.63) is 113 Å². The summed E-state index contributed by atoms with van der Waals surface area (Å²) < 4.78 is 0. The van der Waals surface area contributed by atoms with E-state index in [1.54, 1.807) is 0 Å². The number of benzene rings is 3. The molecule has 0 heterocycles. The van der Waals surface area contributed by atoms with Crippen molar-refractivity contribution in [1.29, 1.82) is 0 Å². The van der Waals surface area contributed by atoms with Gasteiger partial charge in [0.25, 0.3) is 0 Å². The molecule has 1 heteroatoms. The molecule has 0 spiro atoms. The first-order chi connectivity index (χ1) is 10.4. The second-order valence-electron chi connectivity index (χ2n) is 5.01. The zero-order chi connectivity index (χ0) is 14.5. The molecule has 0 aliphatic rings. The molecule has 2 N–H and O–H groups in total. The summed E-state index contributed by atoms with van der Waals surface area (Å²) in [5, 5.41) is 0. The number of hydrogen-bond acceptors (Lipinski definition) is 1. The van der Waals surface area contributed by atoms with E-state index in [1.807, 2.05) is 12.1 Å². The van der Waals surface area contributed by atoms with Crippen LogP contribution in [0.25, 0.3) is 0 Å². The summed E-state index contributed by atoms with van der Waals surface area (Å²) in [7, 11) is 0. The first kappa shape index (κ1) is 13.6. The Morgan fingerprint density at radius 3 is 1.43 bits per heavy atom. The normalized spacial score (nSPS) is 10.8. The van der Waals surface area contributed by atoms with Crippen LogP contribution in [-0.4, -0.2) is 0 Å². The first-order valence-corrected chi connectivity index (χ1v) is 7.15. The van der Waals surface area contributed by atoms with Crippen LogP contribution in [0.1, 0.15) is 22.3 Å². The Kier molecular flexibility index (Phi) is 4.13. The van der Waals surface area contributed by atoms with Crippen LogP contribution < -0.4 is 5.73 Å². The van der Waals surface area contributed by atoms with Crippen molar-refractivity contribution in [2.24, 2.45) is 5.73 Å². The lowest BCUT2D eigenvalue weighted by atomic mass is 9.85. The lowest BCUT2D eigenvalue weighted by Crippen LogP contribution is -2.05. The van der Waals surface area contributed by atoms with Crippen LogP contribution in [0.4, 0.5) is 0 Å². The molecule has 0 fully saturated rings. The van der Waals surface area contributed by atoms with Gasteiger partial charge in [-0.2, -0.15) is 0 Å². The zero-order valence-corrected chi connectivity index (χ0v) is 11.9. The number of nitrogens with two attached hydrogens (primary N) is 1. The van der Waals surface area contributed by atoms with Gasteiger partial charge in [0.2, 0.25) is 0 Å². The van der Waals surface area contributed by atoms with Crippen molar-refractivity contribution in [2.75, 3.05) is 0 Å². The average molecular weight is 272 g/mol. The van der Waals surface area contributed by atoms with Gasteiger partial charge < -0.3 is 5.73 Å². The Morgan fingerprint density at radius 1 is 0.571 bits per heavy atom. The number of rotatable bonds is 4. The van der Waals surface area contributed by atoms with Gasteiger partial charge in [0, 0.05) is 6.54 Å². The third-order valence-electron chi connectivity index (χ3n) is 3.60. The molecule has 1 radical (unpaired) electrons. The van der Waals surface area contributed by atoms with Crippen molar-refractivity contribution in [1.82, 2.24) is 0 Å². The molecule has 3 aromatic carbocycles. The van der Waals surface area contributed by atoms with E-state index in [0.29, 0.717) is 6.54 Å². The first-order valence-electron chi connectivity index (χ1n) is 7.15. The topological polar surface area (TPSA) is 26.0 Å². The van der Waals surface area contributed by atoms with Gasteiger partial charge in [-0.15, -0.1) is 0 Å². The van der Waals surface area contributed by atoms with Gasteiger partial charge in [0.15, 0.2) is 0 Å². The third-order valence-corrected chi connectivity index (χ3v) is 3.60. The van der Waals surface area contributed by atoms with Gasteiger partial charge in [0.05, 0.1) is 5.92 Å². The summed E-state index contributed by atoms with van der Waals surface area (Å²) >= 11 is 0. The van der Waals surface area contributed by atoms with Crippen LogP contribution in [0.2, 0.25) is 0 Å². The van der Waals surface area contributed by atoms with E-state index in [4.69, 9.17) is 5.73 Å². The monoisotopic (exact) mass is 272 g/mol. The van der Waals surface area contributed by atoms with Crippen LogP contribution >= 0.6 is 0 Å². The summed E-state index contributed by atoms with van der Waals surface area (Å²) in [4.78, 5) is 0. The smallest absolute Gasteiger partial charge is 0.0629 e. The molecule has 0 bridgehead atoms. The van der Waals surface area contributed by atoms with Gasteiger partial charge in [-0.25, -0.2) is 0 Å². The fourth-order valence-corrected chi connectivity index (χ4v) is 2.52. The predicted octanol–water partition coefficient (Wildman–Crippen LogP) is 4.16. The molecule has 0 aliphatic carbocycles. The van der Waals surface area contributed by atoms with Crippen LogP contribution in [0, 0.1) is 5.92 Å². The van der Waals surface area contributed by atoms with Crippen LogP contribution in [0.15, 0.2) is 84.9 Å². The Hall–Kier alpha value is -2.38. The maximum Gasteiger partial charge on any atom is 0.0629 e.